The predicted octanol–water partition coefficient (Wildman–Crippen LogP) is 4.40. The van der Waals surface area contributed by atoms with Crippen LogP contribution in [-0.4, -0.2) is 45.3 Å². The molecule has 1 saturated heterocycles. The van der Waals surface area contributed by atoms with E-state index in [4.69, 9.17) is 4.74 Å². The van der Waals surface area contributed by atoms with E-state index in [1.54, 1.807) is 13.2 Å². The molecule has 1 aliphatic rings. The SMILES string of the molecule is COCCCNC(=O)c1cc(NC(=O)Nc2ccc(C)cc2)ccc1N1CCCCC1. The fraction of sp³-hybridized carbons (Fsp3) is 0.417. The van der Waals surface area contributed by atoms with Gasteiger partial charge < -0.3 is 25.6 Å². The van der Waals surface area contributed by atoms with Crippen molar-refractivity contribution in [3.05, 3.63) is 53.6 Å². The number of amides is 3. The number of carbonyl (C=O) groups is 2. The van der Waals surface area contributed by atoms with Crippen molar-refractivity contribution in [1.82, 2.24) is 5.32 Å². The number of aryl methyl sites for hydroxylation is 1. The molecular weight excluding hydrogens is 392 g/mol. The second kappa shape index (κ2) is 11.4. The van der Waals surface area contributed by atoms with Gasteiger partial charge in [0.05, 0.1) is 5.56 Å². The van der Waals surface area contributed by atoms with Crippen molar-refractivity contribution in [3.8, 4) is 0 Å². The van der Waals surface area contributed by atoms with Crippen LogP contribution in [0.2, 0.25) is 0 Å². The maximum atomic E-state index is 12.9. The number of carbonyl (C=O) groups excluding carboxylic acids is 2. The van der Waals surface area contributed by atoms with Gasteiger partial charge in [0.15, 0.2) is 0 Å². The van der Waals surface area contributed by atoms with Crippen molar-refractivity contribution < 1.29 is 14.3 Å². The molecule has 3 N–H and O–H groups in total. The van der Waals surface area contributed by atoms with Gasteiger partial charge >= 0.3 is 6.03 Å². The predicted molar refractivity (Wildman–Crippen MR) is 125 cm³/mol. The fourth-order valence-corrected chi connectivity index (χ4v) is 3.65. The van der Waals surface area contributed by atoms with E-state index in [1.165, 1.54) is 6.42 Å². The lowest BCUT2D eigenvalue weighted by molar-refractivity contribution is 0.0949. The number of benzene rings is 2. The minimum Gasteiger partial charge on any atom is -0.385 e. The number of piperidine rings is 1. The van der Waals surface area contributed by atoms with Crippen LogP contribution in [0.5, 0.6) is 0 Å². The molecule has 166 valence electrons. The molecule has 0 radical (unpaired) electrons. The summed E-state index contributed by atoms with van der Waals surface area (Å²) >= 11 is 0. The minimum absolute atomic E-state index is 0.140. The van der Waals surface area contributed by atoms with E-state index in [9.17, 15) is 9.59 Å². The van der Waals surface area contributed by atoms with Crippen molar-refractivity contribution in [2.24, 2.45) is 0 Å². The van der Waals surface area contributed by atoms with E-state index in [2.05, 4.69) is 20.9 Å². The highest BCUT2D eigenvalue weighted by atomic mass is 16.5. The highest BCUT2D eigenvalue weighted by molar-refractivity contribution is 6.04. The van der Waals surface area contributed by atoms with Gasteiger partial charge in [0.1, 0.15) is 0 Å². The maximum absolute atomic E-state index is 12.9. The average molecular weight is 425 g/mol. The smallest absolute Gasteiger partial charge is 0.323 e. The highest BCUT2D eigenvalue weighted by Crippen LogP contribution is 2.27. The molecule has 7 heteroatoms. The maximum Gasteiger partial charge on any atom is 0.323 e. The lowest BCUT2D eigenvalue weighted by atomic mass is 10.1. The largest absolute Gasteiger partial charge is 0.385 e. The van der Waals surface area contributed by atoms with Crippen molar-refractivity contribution >= 4 is 29.0 Å². The van der Waals surface area contributed by atoms with Crippen LogP contribution in [-0.2, 0) is 4.74 Å². The zero-order valence-corrected chi connectivity index (χ0v) is 18.4. The summed E-state index contributed by atoms with van der Waals surface area (Å²) in [7, 11) is 1.65. The first-order valence-electron chi connectivity index (χ1n) is 10.9. The Morgan fingerprint density at radius 1 is 0.968 bits per heavy atom. The molecule has 0 saturated carbocycles. The second-order valence-electron chi connectivity index (χ2n) is 7.83. The Balaban J connectivity index is 1.73. The number of anilines is 3. The third kappa shape index (κ3) is 6.72. The molecule has 0 aromatic heterocycles. The number of nitrogens with zero attached hydrogens (tertiary/aromatic N) is 1. The number of nitrogens with one attached hydrogen (secondary N) is 3. The van der Waals surface area contributed by atoms with Gasteiger partial charge in [-0.05, 0) is 62.9 Å². The van der Waals surface area contributed by atoms with Gasteiger partial charge in [0.25, 0.3) is 5.91 Å². The van der Waals surface area contributed by atoms with Gasteiger partial charge in [-0.15, -0.1) is 0 Å². The summed E-state index contributed by atoms with van der Waals surface area (Å²) < 4.78 is 5.05. The molecule has 1 fully saturated rings. The third-order valence-corrected chi connectivity index (χ3v) is 5.32. The van der Waals surface area contributed by atoms with Crippen LogP contribution in [0.25, 0.3) is 0 Å². The summed E-state index contributed by atoms with van der Waals surface area (Å²) in [6.07, 6.45) is 4.20. The van der Waals surface area contributed by atoms with Crippen LogP contribution in [0.1, 0.15) is 41.6 Å². The first-order chi connectivity index (χ1) is 15.1. The lowest BCUT2D eigenvalue weighted by Crippen LogP contribution is -2.33. The molecule has 0 atom stereocenters. The van der Waals surface area contributed by atoms with Crippen LogP contribution in [0.4, 0.5) is 21.9 Å². The Morgan fingerprint density at radius 2 is 1.65 bits per heavy atom. The molecule has 0 bridgehead atoms. The first-order valence-corrected chi connectivity index (χ1v) is 10.9. The third-order valence-electron chi connectivity index (χ3n) is 5.32. The van der Waals surface area contributed by atoms with Crippen molar-refractivity contribution in [1.29, 1.82) is 0 Å². The van der Waals surface area contributed by atoms with E-state index < -0.39 is 0 Å². The molecule has 2 aromatic carbocycles. The fourth-order valence-electron chi connectivity index (χ4n) is 3.65. The molecule has 7 nitrogen and oxygen atoms in total. The number of ether oxygens (including phenoxy) is 1. The zero-order valence-electron chi connectivity index (χ0n) is 18.4. The average Bonchev–Trinajstić information content (AvgIpc) is 2.78. The lowest BCUT2D eigenvalue weighted by Gasteiger charge is -2.30. The van der Waals surface area contributed by atoms with E-state index in [1.807, 2.05) is 43.3 Å². The van der Waals surface area contributed by atoms with Crippen LogP contribution >= 0.6 is 0 Å². The van der Waals surface area contributed by atoms with E-state index >= 15 is 0 Å². The molecule has 3 rings (SSSR count). The van der Waals surface area contributed by atoms with Crippen LogP contribution in [0.15, 0.2) is 42.5 Å². The van der Waals surface area contributed by atoms with Crippen LogP contribution < -0.4 is 20.9 Å². The summed E-state index contributed by atoms with van der Waals surface area (Å²) in [6, 6.07) is 12.8. The van der Waals surface area contributed by atoms with E-state index in [0.29, 0.717) is 30.1 Å². The van der Waals surface area contributed by atoms with Gasteiger partial charge in [-0.2, -0.15) is 0 Å². The Morgan fingerprint density at radius 3 is 2.35 bits per heavy atom. The summed E-state index contributed by atoms with van der Waals surface area (Å²) in [5.41, 5.74) is 3.90. The molecule has 0 aliphatic carbocycles. The summed E-state index contributed by atoms with van der Waals surface area (Å²) in [5, 5.41) is 8.62. The normalized spacial score (nSPS) is 13.5. The Bertz CT molecular complexity index is 877. The molecule has 0 spiro atoms. The Kier molecular flexibility index (Phi) is 8.29. The van der Waals surface area contributed by atoms with Crippen LogP contribution in [0.3, 0.4) is 0 Å². The van der Waals surface area contributed by atoms with Gasteiger partial charge in [-0.25, -0.2) is 4.79 Å². The number of rotatable bonds is 8. The van der Waals surface area contributed by atoms with E-state index in [0.717, 1.165) is 43.6 Å². The van der Waals surface area contributed by atoms with Crippen molar-refractivity contribution in [2.75, 3.05) is 48.9 Å². The van der Waals surface area contributed by atoms with Crippen molar-refractivity contribution in [3.63, 3.8) is 0 Å². The molecule has 2 aromatic rings. The minimum atomic E-state index is -0.346. The summed E-state index contributed by atoms with van der Waals surface area (Å²) in [4.78, 5) is 27.6. The molecular formula is C24H32N4O3. The standard InChI is InChI=1S/C24H32N4O3/c1-18-7-9-19(10-8-18)26-24(30)27-20-11-12-22(28-14-4-3-5-15-28)21(17-20)23(29)25-13-6-16-31-2/h7-12,17H,3-6,13-16H2,1-2H3,(H,25,29)(H2,26,27,30). The Hall–Kier alpha value is -3.06. The molecule has 31 heavy (non-hydrogen) atoms. The van der Waals surface area contributed by atoms with E-state index in [-0.39, 0.29) is 11.9 Å². The number of urea groups is 1. The topological polar surface area (TPSA) is 82.7 Å². The van der Waals surface area contributed by atoms with Crippen LogP contribution in [0, 0.1) is 6.92 Å². The van der Waals surface area contributed by atoms with Gasteiger partial charge in [0.2, 0.25) is 0 Å². The number of hydrogen-bond acceptors (Lipinski definition) is 4. The zero-order chi connectivity index (χ0) is 22.1. The van der Waals surface area contributed by atoms with Crippen molar-refractivity contribution in [2.45, 2.75) is 32.6 Å². The Labute approximate surface area is 184 Å². The van der Waals surface area contributed by atoms with Gasteiger partial charge in [0, 0.05) is 50.4 Å². The number of hydrogen-bond donors (Lipinski definition) is 3. The summed E-state index contributed by atoms with van der Waals surface area (Å²) in [5.74, 6) is -0.140. The summed E-state index contributed by atoms with van der Waals surface area (Å²) in [6.45, 7) is 5.00. The highest BCUT2D eigenvalue weighted by Gasteiger charge is 2.19. The van der Waals surface area contributed by atoms with Gasteiger partial charge in [-0.1, -0.05) is 17.7 Å². The molecule has 0 unspecified atom stereocenters. The first kappa shape index (κ1) is 22.6. The number of methoxy groups -OCH3 is 1. The monoisotopic (exact) mass is 424 g/mol. The molecule has 1 heterocycles. The quantitative estimate of drug-likeness (QED) is 0.549. The van der Waals surface area contributed by atoms with Gasteiger partial charge in [-0.3, -0.25) is 4.79 Å². The second-order valence-corrected chi connectivity index (χ2v) is 7.83. The molecule has 1 aliphatic heterocycles. The molecule has 3 amide bonds.